The Bertz CT molecular complexity index is 1140. The molecular formula is C25H24ClN4+. The van der Waals surface area contributed by atoms with Gasteiger partial charge in [-0.2, -0.15) is 0 Å². The molecule has 30 heavy (non-hydrogen) atoms. The molecular weight excluding hydrogens is 392 g/mol. The Morgan fingerprint density at radius 1 is 0.800 bits per heavy atom. The molecule has 0 amide bonds. The van der Waals surface area contributed by atoms with Gasteiger partial charge in [0.15, 0.2) is 5.82 Å². The minimum atomic E-state index is 0.720. The highest BCUT2D eigenvalue weighted by atomic mass is 35.5. The van der Waals surface area contributed by atoms with Gasteiger partial charge in [0.1, 0.15) is 12.4 Å². The van der Waals surface area contributed by atoms with Gasteiger partial charge in [0.05, 0.1) is 31.7 Å². The average molecular weight is 416 g/mol. The first kappa shape index (κ1) is 19.0. The number of quaternary nitrogens is 1. The summed E-state index contributed by atoms with van der Waals surface area (Å²) in [7, 11) is 0. The number of aromatic nitrogens is 2. The standard InChI is InChI=1S/C25H23ClN4/c26-21-12-10-20(11-13-21)24-27-23-9-5-4-8-22(23)25(28-24)30-16-14-29(15-17-30)18-19-6-2-1-3-7-19/h1-13H,14-18H2/p+1. The third-order valence-electron chi connectivity index (χ3n) is 5.75. The molecule has 0 bridgehead atoms. The lowest BCUT2D eigenvalue weighted by Crippen LogP contribution is -3.13. The highest BCUT2D eigenvalue weighted by molar-refractivity contribution is 6.30. The zero-order valence-corrected chi connectivity index (χ0v) is 17.5. The summed E-state index contributed by atoms with van der Waals surface area (Å²) >= 11 is 6.07. The second-order valence-corrected chi connectivity index (χ2v) is 8.23. The number of anilines is 1. The van der Waals surface area contributed by atoms with E-state index in [2.05, 4.69) is 53.4 Å². The molecule has 1 fully saturated rings. The number of hydrogen-bond acceptors (Lipinski definition) is 3. The topological polar surface area (TPSA) is 33.5 Å². The lowest BCUT2D eigenvalue weighted by Gasteiger charge is -2.33. The molecule has 0 saturated carbocycles. The van der Waals surface area contributed by atoms with Gasteiger partial charge in [-0.3, -0.25) is 0 Å². The van der Waals surface area contributed by atoms with Gasteiger partial charge in [-0.1, -0.05) is 54.1 Å². The van der Waals surface area contributed by atoms with Crippen molar-refractivity contribution in [3.8, 4) is 11.4 Å². The maximum Gasteiger partial charge on any atom is 0.162 e. The van der Waals surface area contributed by atoms with Crippen molar-refractivity contribution in [3.63, 3.8) is 0 Å². The van der Waals surface area contributed by atoms with Gasteiger partial charge in [0, 0.05) is 21.5 Å². The SMILES string of the molecule is Clc1ccc(-c2nc(N3CC[NH+](Cc4ccccc4)CC3)c3ccccc3n2)cc1. The van der Waals surface area contributed by atoms with Crippen LogP contribution in [0.5, 0.6) is 0 Å². The van der Waals surface area contributed by atoms with Crippen LogP contribution in [0.25, 0.3) is 22.3 Å². The average Bonchev–Trinajstić information content (AvgIpc) is 2.80. The van der Waals surface area contributed by atoms with E-state index in [4.69, 9.17) is 21.6 Å². The summed E-state index contributed by atoms with van der Waals surface area (Å²) in [6.45, 7) is 5.26. The van der Waals surface area contributed by atoms with Crippen LogP contribution < -0.4 is 9.80 Å². The van der Waals surface area contributed by atoms with E-state index in [0.717, 1.165) is 65.9 Å². The summed E-state index contributed by atoms with van der Waals surface area (Å²) < 4.78 is 0. The molecule has 4 aromatic rings. The van der Waals surface area contributed by atoms with Crippen molar-refractivity contribution in [2.75, 3.05) is 31.1 Å². The lowest BCUT2D eigenvalue weighted by molar-refractivity contribution is -0.914. The number of hydrogen-bond donors (Lipinski definition) is 1. The normalized spacial score (nSPS) is 14.9. The maximum absolute atomic E-state index is 6.07. The largest absolute Gasteiger partial charge is 0.345 e. The Morgan fingerprint density at radius 3 is 2.27 bits per heavy atom. The summed E-state index contributed by atoms with van der Waals surface area (Å²) in [5.74, 6) is 1.78. The Kier molecular flexibility index (Phi) is 5.35. The predicted octanol–water partition coefficient (Wildman–Crippen LogP) is 3.86. The van der Waals surface area contributed by atoms with Gasteiger partial charge in [0.2, 0.25) is 0 Å². The van der Waals surface area contributed by atoms with Gasteiger partial charge in [-0.15, -0.1) is 0 Å². The molecule has 0 radical (unpaired) electrons. The van der Waals surface area contributed by atoms with E-state index in [1.807, 2.05) is 30.3 Å². The van der Waals surface area contributed by atoms with Crippen LogP contribution in [0.1, 0.15) is 5.56 Å². The van der Waals surface area contributed by atoms with Crippen LogP contribution in [0, 0.1) is 0 Å². The predicted molar refractivity (Wildman–Crippen MR) is 123 cm³/mol. The quantitative estimate of drug-likeness (QED) is 0.549. The van der Waals surface area contributed by atoms with Gasteiger partial charge in [-0.05, 0) is 36.4 Å². The number of benzene rings is 3. The van der Waals surface area contributed by atoms with E-state index in [9.17, 15) is 0 Å². The Labute approximate surface area is 181 Å². The molecule has 150 valence electrons. The molecule has 0 unspecified atom stereocenters. The van der Waals surface area contributed by atoms with Gasteiger partial charge >= 0.3 is 0 Å². The molecule has 0 atom stereocenters. The number of piperazine rings is 1. The second kappa shape index (κ2) is 8.42. The minimum absolute atomic E-state index is 0.720. The number of rotatable bonds is 4. The number of para-hydroxylation sites is 1. The Hall–Kier alpha value is -2.95. The van der Waals surface area contributed by atoms with E-state index < -0.39 is 0 Å². The molecule has 2 heterocycles. The fourth-order valence-corrected chi connectivity index (χ4v) is 4.25. The Balaban J connectivity index is 1.42. The van der Waals surface area contributed by atoms with Crippen LogP contribution in [0.2, 0.25) is 5.02 Å². The third kappa shape index (κ3) is 4.02. The van der Waals surface area contributed by atoms with E-state index in [-0.39, 0.29) is 0 Å². The van der Waals surface area contributed by atoms with Gasteiger partial charge < -0.3 is 9.80 Å². The molecule has 1 saturated heterocycles. The summed E-state index contributed by atoms with van der Waals surface area (Å²) in [6, 6.07) is 26.8. The van der Waals surface area contributed by atoms with Crippen LogP contribution in [0.3, 0.4) is 0 Å². The minimum Gasteiger partial charge on any atom is -0.345 e. The van der Waals surface area contributed by atoms with Crippen molar-refractivity contribution in [2.45, 2.75) is 6.54 Å². The van der Waals surface area contributed by atoms with E-state index >= 15 is 0 Å². The molecule has 5 rings (SSSR count). The summed E-state index contributed by atoms with van der Waals surface area (Å²) in [4.78, 5) is 13.8. The summed E-state index contributed by atoms with van der Waals surface area (Å²) in [5.41, 5.74) is 3.37. The summed E-state index contributed by atoms with van der Waals surface area (Å²) in [6.07, 6.45) is 0. The fraction of sp³-hybridized carbons (Fsp3) is 0.200. The zero-order chi connectivity index (χ0) is 20.3. The number of fused-ring (bicyclic) bond motifs is 1. The molecule has 5 heteroatoms. The van der Waals surface area contributed by atoms with Crippen LogP contribution >= 0.6 is 11.6 Å². The van der Waals surface area contributed by atoms with Gasteiger partial charge in [0.25, 0.3) is 0 Å². The molecule has 1 aromatic heterocycles. The first-order valence-electron chi connectivity index (χ1n) is 10.4. The van der Waals surface area contributed by atoms with Crippen LogP contribution in [0.4, 0.5) is 5.82 Å². The number of nitrogens with zero attached hydrogens (tertiary/aromatic N) is 3. The maximum atomic E-state index is 6.07. The van der Waals surface area contributed by atoms with Crippen molar-refractivity contribution in [2.24, 2.45) is 0 Å². The highest BCUT2D eigenvalue weighted by Crippen LogP contribution is 2.28. The first-order valence-corrected chi connectivity index (χ1v) is 10.8. The highest BCUT2D eigenvalue weighted by Gasteiger charge is 2.23. The second-order valence-electron chi connectivity index (χ2n) is 7.79. The van der Waals surface area contributed by atoms with Crippen molar-refractivity contribution >= 4 is 28.3 Å². The first-order chi connectivity index (χ1) is 14.8. The fourth-order valence-electron chi connectivity index (χ4n) is 4.13. The van der Waals surface area contributed by atoms with E-state index in [0.29, 0.717) is 0 Å². The zero-order valence-electron chi connectivity index (χ0n) is 16.8. The third-order valence-corrected chi connectivity index (χ3v) is 6.00. The molecule has 1 aliphatic rings. The van der Waals surface area contributed by atoms with Crippen molar-refractivity contribution in [1.82, 2.24) is 9.97 Å². The number of nitrogens with one attached hydrogen (secondary N) is 1. The summed E-state index contributed by atoms with van der Waals surface area (Å²) in [5, 5.41) is 1.83. The molecule has 1 aliphatic heterocycles. The molecule has 3 aromatic carbocycles. The molecule has 1 N–H and O–H groups in total. The monoisotopic (exact) mass is 415 g/mol. The molecule has 4 nitrogen and oxygen atoms in total. The smallest absolute Gasteiger partial charge is 0.162 e. The van der Waals surface area contributed by atoms with Crippen molar-refractivity contribution in [1.29, 1.82) is 0 Å². The molecule has 0 aliphatic carbocycles. The Morgan fingerprint density at radius 2 is 1.50 bits per heavy atom. The van der Waals surface area contributed by atoms with Crippen molar-refractivity contribution < 1.29 is 4.90 Å². The van der Waals surface area contributed by atoms with Gasteiger partial charge in [-0.25, -0.2) is 9.97 Å². The van der Waals surface area contributed by atoms with Crippen molar-refractivity contribution in [3.05, 3.63) is 89.4 Å². The van der Waals surface area contributed by atoms with Crippen LogP contribution in [-0.2, 0) is 6.54 Å². The van der Waals surface area contributed by atoms with E-state index in [1.165, 1.54) is 5.56 Å². The van der Waals surface area contributed by atoms with Crippen LogP contribution in [-0.4, -0.2) is 36.1 Å². The molecule has 0 spiro atoms. The number of halogens is 1. The van der Waals surface area contributed by atoms with E-state index in [1.54, 1.807) is 4.90 Å². The lowest BCUT2D eigenvalue weighted by atomic mass is 10.1. The van der Waals surface area contributed by atoms with Crippen LogP contribution in [0.15, 0.2) is 78.9 Å².